The number of aliphatic hydroxyl groups is 1. The molecule has 0 saturated heterocycles. The van der Waals surface area contributed by atoms with Gasteiger partial charge in [-0.25, -0.2) is 0 Å². The molecule has 1 atom stereocenters. The molecule has 80 valence electrons. The Bertz CT molecular complexity index is 289. The van der Waals surface area contributed by atoms with Crippen LogP contribution in [0.5, 0.6) is 11.5 Å². The molecule has 0 aromatic heterocycles. The number of phenolic OH excluding ortho intramolecular Hbond substituents is 2. The molecule has 0 bridgehead atoms. The van der Waals surface area contributed by atoms with Crippen LogP contribution in [0.25, 0.3) is 0 Å². The van der Waals surface area contributed by atoms with Crippen molar-refractivity contribution in [2.75, 3.05) is 13.6 Å². The number of benzene rings is 1. The lowest BCUT2D eigenvalue weighted by Crippen LogP contribution is -2.16. The summed E-state index contributed by atoms with van der Waals surface area (Å²) in [4.78, 5) is 0. The summed E-state index contributed by atoms with van der Waals surface area (Å²) in [6.45, 7) is 0.407. The van der Waals surface area contributed by atoms with Crippen LogP contribution in [0.4, 0.5) is 0 Å². The van der Waals surface area contributed by atoms with Gasteiger partial charge in [0.25, 0.3) is 0 Å². The van der Waals surface area contributed by atoms with Crippen LogP contribution in [0.2, 0.25) is 0 Å². The van der Waals surface area contributed by atoms with Crippen LogP contribution in [-0.2, 0) is 0 Å². The Morgan fingerprint density at radius 1 is 1.29 bits per heavy atom. The Morgan fingerprint density at radius 3 is 2.43 bits per heavy atom. The van der Waals surface area contributed by atoms with Gasteiger partial charge in [-0.15, -0.1) is 0 Å². The summed E-state index contributed by atoms with van der Waals surface area (Å²) in [7, 11) is 1.73. The molecule has 0 aliphatic rings. The molecule has 0 heterocycles. The minimum atomic E-state index is -0.670. The van der Waals surface area contributed by atoms with Crippen molar-refractivity contribution < 1.29 is 15.3 Å². The van der Waals surface area contributed by atoms with E-state index in [1.54, 1.807) is 13.1 Å². The topological polar surface area (TPSA) is 72.7 Å². The average molecular weight is 199 g/mol. The number of aliphatic hydroxyl groups excluding tert-OH is 1. The van der Waals surface area contributed by atoms with Gasteiger partial charge >= 0.3 is 0 Å². The van der Waals surface area contributed by atoms with E-state index in [0.29, 0.717) is 12.1 Å². The van der Waals surface area contributed by atoms with Crippen molar-refractivity contribution in [3.05, 3.63) is 23.8 Å². The lowest BCUT2D eigenvalue weighted by atomic mass is 10.1. The fourth-order valence-electron chi connectivity index (χ4n) is 1.06. The first-order valence-electron chi connectivity index (χ1n) is 3.99. The van der Waals surface area contributed by atoms with E-state index < -0.39 is 6.10 Å². The standard InChI is InChI=1S/C9H13NO3.CH4/c1-10-5-9(13)6-2-3-7(11)8(12)4-6;/h2-4,9-13H,5H2,1H3;1H4/t9-;/m0./s1. The number of phenols is 2. The molecule has 0 saturated carbocycles. The quantitative estimate of drug-likeness (QED) is 0.548. The lowest BCUT2D eigenvalue weighted by Gasteiger charge is -2.10. The average Bonchev–Trinajstić information content (AvgIpc) is 2.10. The van der Waals surface area contributed by atoms with Crippen LogP contribution < -0.4 is 5.32 Å². The minimum Gasteiger partial charge on any atom is -0.504 e. The molecular weight excluding hydrogens is 182 g/mol. The Balaban J connectivity index is 0.00000169. The van der Waals surface area contributed by atoms with Crippen molar-refractivity contribution in [2.24, 2.45) is 0 Å². The lowest BCUT2D eigenvalue weighted by molar-refractivity contribution is 0.177. The van der Waals surface area contributed by atoms with E-state index >= 15 is 0 Å². The van der Waals surface area contributed by atoms with Crippen molar-refractivity contribution in [1.82, 2.24) is 5.32 Å². The van der Waals surface area contributed by atoms with Gasteiger partial charge in [-0.2, -0.15) is 0 Å². The summed E-state index contributed by atoms with van der Waals surface area (Å²) >= 11 is 0. The normalized spacial score (nSPS) is 11.9. The molecule has 0 fully saturated rings. The van der Waals surface area contributed by atoms with Gasteiger partial charge in [0, 0.05) is 6.54 Å². The molecule has 0 aliphatic carbocycles. The van der Waals surface area contributed by atoms with Crippen molar-refractivity contribution in [2.45, 2.75) is 13.5 Å². The molecule has 4 nitrogen and oxygen atoms in total. The zero-order chi connectivity index (χ0) is 9.84. The molecule has 14 heavy (non-hydrogen) atoms. The van der Waals surface area contributed by atoms with Crippen molar-refractivity contribution in [1.29, 1.82) is 0 Å². The molecule has 0 amide bonds. The first-order chi connectivity index (χ1) is 6.15. The highest BCUT2D eigenvalue weighted by atomic mass is 16.3. The van der Waals surface area contributed by atoms with Gasteiger partial charge < -0.3 is 20.6 Å². The molecule has 0 aliphatic heterocycles. The van der Waals surface area contributed by atoms with Crippen molar-refractivity contribution >= 4 is 0 Å². The third-order valence-corrected chi connectivity index (χ3v) is 1.78. The van der Waals surface area contributed by atoms with E-state index in [-0.39, 0.29) is 18.9 Å². The number of rotatable bonds is 3. The summed E-state index contributed by atoms with van der Waals surface area (Å²) in [6, 6.07) is 4.26. The number of likely N-dealkylation sites (N-methyl/N-ethyl adjacent to an activating group) is 1. The molecule has 0 unspecified atom stereocenters. The van der Waals surface area contributed by atoms with Gasteiger partial charge in [0.05, 0.1) is 6.10 Å². The maximum Gasteiger partial charge on any atom is 0.157 e. The van der Waals surface area contributed by atoms with Gasteiger partial charge in [-0.1, -0.05) is 13.5 Å². The smallest absolute Gasteiger partial charge is 0.157 e. The van der Waals surface area contributed by atoms with Crippen molar-refractivity contribution in [3.8, 4) is 11.5 Å². The van der Waals surface area contributed by atoms with E-state index in [0.717, 1.165) is 0 Å². The number of hydrogen-bond donors (Lipinski definition) is 4. The predicted octanol–water partition coefficient (Wildman–Crippen LogP) is 0.987. The Morgan fingerprint density at radius 2 is 1.93 bits per heavy atom. The van der Waals surface area contributed by atoms with E-state index in [4.69, 9.17) is 10.2 Å². The first kappa shape index (κ1) is 12.7. The molecule has 1 rings (SSSR count). The second kappa shape index (κ2) is 5.47. The van der Waals surface area contributed by atoms with Gasteiger partial charge in [0.15, 0.2) is 11.5 Å². The zero-order valence-electron chi connectivity index (χ0n) is 7.36. The largest absolute Gasteiger partial charge is 0.504 e. The number of nitrogens with one attached hydrogen (secondary N) is 1. The van der Waals surface area contributed by atoms with E-state index in [2.05, 4.69) is 5.32 Å². The summed E-state index contributed by atoms with van der Waals surface area (Å²) in [5, 5.41) is 30.4. The number of hydrogen-bond acceptors (Lipinski definition) is 4. The van der Waals surface area contributed by atoms with E-state index in [9.17, 15) is 5.11 Å². The summed E-state index contributed by atoms with van der Waals surface area (Å²) in [5.41, 5.74) is 0.574. The van der Waals surface area contributed by atoms with Crippen LogP contribution in [-0.4, -0.2) is 28.9 Å². The highest BCUT2D eigenvalue weighted by molar-refractivity contribution is 5.41. The monoisotopic (exact) mass is 199 g/mol. The Hall–Kier alpha value is -1.26. The molecule has 4 N–H and O–H groups in total. The van der Waals surface area contributed by atoms with Gasteiger partial charge in [-0.05, 0) is 24.7 Å². The van der Waals surface area contributed by atoms with Gasteiger partial charge in [0.1, 0.15) is 0 Å². The second-order valence-electron chi connectivity index (χ2n) is 2.82. The molecule has 0 radical (unpaired) electrons. The highest BCUT2D eigenvalue weighted by Crippen LogP contribution is 2.27. The number of aromatic hydroxyl groups is 2. The highest BCUT2D eigenvalue weighted by Gasteiger charge is 2.08. The summed E-state index contributed by atoms with van der Waals surface area (Å²) in [6.07, 6.45) is -0.670. The maximum absolute atomic E-state index is 9.48. The van der Waals surface area contributed by atoms with E-state index in [1.807, 2.05) is 0 Å². The third-order valence-electron chi connectivity index (χ3n) is 1.78. The van der Waals surface area contributed by atoms with E-state index in [1.165, 1.54) is 12.1 Å². The zero-order valence-corrected chi connectivity index (χ0v) is 7.36. The van der Waals surface area contributed by atoms with Crippen LogP contribution in [0.15, 0.2) is 18.2 Å². The molecule has 0 spiro atoms. The molecule has 4 heteroatoms. The van der Waals surface area contributed by atoms with Crippen molar-refractivity contribution in [3.63, 3.8) is 0 Å². The Labute approximate surface area is 83.8 Å². The van der Waals surface area contributed by atoms with Crippen LogP contribution in [0, 0.1) is 0 Å². The Kier molecular flexibility index (Phi) is 4.97. The SMILES string of the molecule is C.CNC[C@H](O)c1ccc(O)c(O)c1. The van der Waals surface area contributed by atoms with Crippen LogP contribution in [0.1, 0.15) is 19.1 Å². The summed E-state index contributed by atoms with van der Waals surface area (Å²) < 4.78 is 0. The van der Waals surface area contributed by atoms with Crippen LogP contribution >= 0.6 is 0 Å². The first-order valence-corrected chi connectivity index (χ1v) is 3.99. The predicted molar refractivity (Wildman–Crippen MR) is 55.4 cm³/mol. The second-order valence-corrected chi connectivity index (χ2v) is 2.82. The third kappa shape index (κ3) is 2.90. The fraction of sp³-hybridized carbons (Fsp3) is 0.400. The van der Waals surface area contributed by atoms with Crippen LogP contribution in [0.3, 0.4) is 0 Å². The van der Waals surface area contributed by atoms with Gasteiger partial charge in [0.2, 0.25) is 0 Å². The summed E-state index contributed by atoms with van der Waals surface area (Å²) in [5.74, 6) is -0.395. The molecule has 1 aromatic carbocycles. The fourth-order valence-corrected chi connectivity index (χ4v) is 1.06. The van der Waals surface area contributed by atoms with Gasteiger partial charge in [-0.3, -0.25) is 0 Å². The molecule has 1 aromatic rings. The minimum absolute atomic E-state index is 0. The maximum atomic E-state index is 9.48. The molecular formula is C10H17NO3.